The number of aryl methyl sites for hydroxylation is 1. The highest BCUT2D eigenvalue weighted by atomic mass is 16.4. The lowest BCUT2D eigenvalue weighted by atomic mass is 9.92. The van der Waals surface area contributed by atoms with Gasteiger partial charge in [-0.3, -0.25) is 0 Å². The fourth-order valence-corrected chi connectivity index (χ4v) is 3.36. The van der Waals surface area contributed by atoms with E-state index >= 15 is 0 Å². The molecule has 4 nitrogen and oxygen atoms in total. The van der Waals surface area contributed by atoms with E-state index in [1.54, 1.807) is 0 Å². The summed E-state index contributed by atoms with van der Waals surface area (Å²) in [6.45, 7) is 8.35. The van der Waals surface area contributed by atoms with Crippen LogP contribution in [0.2, 0.25) is 0 Å². The summed E-state index contributed by atoms with van der Waals surface area (Å²) in [5.74, 6) is 2.36. The molecule has 0 spiro atoms. The molecule has 0 amide bonds. The van der Waals surface area contributed by atoms with Crippen molar-refractivity contribution in [3.63, 3.8) is 0 Å². The Bertz CT molecular complexity index is 703. The van der Waals surface area contributed by atoms with Gasteiger partial charge in [0.1, 0.15) is 6.07 Å². The Balaban J connectivity index is 1.99. The molecule has 4 heteroatoms. The van der Waals surface area contributed by atoms with Crippen molar-refractivity contribution in [1.82, 2.24) is 4.98 Å². The lowest BCUT2D eigenvalue weighted by Gasteiger charge is -2.34. The Kier molecular flexibility index (Phi) is 3.89. The van der Waals surface area contributed by atoms with Crippen molar-refractivity contribution < 1.29 is 4.42 Å². The summed E-state index contributed by atoms with van der Waals surface area (Å²) in [5, 5.41) is 9.41. The largest absolute Gasteiger partial charge is 0.419 e. The molecule has 2 heterocycles. The van der Waals surface area contributed by atoms with Gasteiger partial charge in [-0.1, -0.05) is 32.0 Å². The number of hydrogen-bond donors (Lipinski definition) is 0. The van der Waals surface area contributed by atoms with Crippen molar-refractivity contribution >= 4 is 5.88 Å². The van der Waals surface area contributed by atoms with E-state index in [1.165, 1.54) is 6.42 Å². The number of nitrogens with zero attached hydrogens (tertiary/aromatic N) is 3. The van der Waals surface area contributed by atoms with Crippen molar-refractivity contribution in [1.29, 1.82) is 5.26 Å². The molecule has 0 saturated carbocycles. The highest BCUT2D eigenvalue weighted by molar-refractivity contribution is 5.62. The van der Waals surface area contributed by atoms with Crippen LogP contribution >= 0.6 is 0 Å². The molecule has 0 radical (unpaired) electrons. The third-order valence-corrected chi connectivity index (χ3v) is 4.25. The van der Waals surface area contributed by atoms with Gasteiger partial charge < -0.3 is 9.32 Å². The van der Waals surface area contributed by atoms with Gasteiger partial charge in [0.05, 0.1) is 0 Å². The maximum absolute atomic E-state index is 9.41. The van der Waals surface area contributed by atoms with Gasteiger partial charge in [0.2, 0.25) is 17.5 Å². The molecule has 2 aromatic rings. The van der Waals surface area contributed by atoms with Gasteiger partial charge in [-0.15, -0.1) is 0 Å². The molecule has 0 unspecified atom stereocenters. The number of piperidine rings is 1. The normalized spacial score (nSPS) is 21.6. The van der Waals surface area contributed by atoms with Crippen molar-refractivity contribution in [2.24, 2.45) is 11.8 Å². The molecule has 1 fully saturated rings. The fraction of sp³-hybridized carbons (Fsp3) is 0.444. The van der Waals surface area contributed by atoms with Crippen molar-refractivity contribution in [2.75, 3.05) is 18.0 Å². The summed E-state index contributed by atoms with van der Waals surface area (Å²) in [5.41, 5.74) is 2.43. The average molecular weight is 295 g/mol. The van der Waals surface area contributed by atoms with E-state index in [1.807, 2.05) is 31.2 Å². The second kappa shape index (κ2) is 5.84. The molecule has 0 N–H and O–H groups in total. The molecular weight excluding hydrogens is 274 g/mol. The van der Waals surface area contributed by atoms with Crippen LogP contribution in [0, 0.1) is 30.1 Å². The summed E-state index contributed by atoms with van der Waals surface area (Å²) in [6.07, 6.45) is 1.22. The van der Waals surface area contributed by atoms with Crippen LogP contribution in [0.3, 0.4) is 0 Å². The van der Waals surface area contributed by atoms with Gasteiger partial charge in [0, 0.05) is 18.7 Å². The van der Waals surface area contributed by atoms with Crippen LogP contribution in [-0.4, -0.2) is 18.1 Å². The maximum Gasteiger partial charge on any atom is 0.235 e. The molecule has 0 aliphatic carbocycles. The van der Waals surface area contributed by atoms with E-state index in [9.17, 15) is 5.26 Å². The first-order valence-corrected chi connectivity index (χ1v) is 7.80. The second-order valence-corrected chi connectivity index (χ2v) is 6.45. The average Bonchev–Trinajstić information content (AvgIpc) is 2.91. The van der Waals surface area contributed by atoms with Gasteiger partial charge in [0.15, 0.2) is 0 Å². The molecule has 0 bridgehead atoms. The predicted molar refractivity (Wildman–Crippen MR) is 86.5 cm³/mol. The Morgan fingerprint density at radius 3 is 2.55 bits per heavy atom. The van der Waals surface area contributed by atoms with E-state index in [2.05, 4.69) is 29.8 Å². The number of anilines is 1. The minimum atomic E-state index is 0.388. The third kappa shape index (κ3) is 2.71. The minimum Gasteiger partial charge on any atom is -0.419 e. The van der Waals surface area contributed by atoms with Crippen molar-refractivity contribution in [2.45, 2.75) is 27.2 Å². The summed E-state index contributed by atoms with van der Waals surface area (Å²) < 4.78 is 6.00. The van der Waals surface area contributed by atoms with E-state index in [-0.39, 0.29) is 0 Å². The highest BCUT2D eigenvalue weighted by Gasteiger charge is 2.27. The van der Waals surface area contributed by atoms with E-state index < -0.39 is 0 Å². The minimum absolute atomic E-state index is 0.388. The molecule has 2 atom stereocenters. The number of hydrogen-bond acceptors (Lipinski definition) is 4. The number of oxazole rings is 1. The van der Waals surface area contributed by atoms with Gasteiger partial charge >= 0.3 is 0 Å². The topological polar surface area (TPSA) is 53.1 Å². The number of benzene rings is 1. The summed E-state index contributed by atoms with van der Waals surface area (Å²) in [6, 6.07) is 10.1. The summed E-state index contributed by atoms with van der Waals surface area (Å²) in [4.78, 5) is 6.59. The van der Waals surface area contributed by atoms with Gasteiger partial charge in [-0.25, -0.2) is 0 Å². The SMILES string of the molecule is Cc1ccccc1-c1nc(C#N)c(N2C[C@H](C)C[C@H](C)C2)o1. The Hall–Kier alpha value is -2.28. The van der Waals surface area contributed by atoms with E-state index in [4.69, 9.17) is 4.42 Å². The predicted octanol–water partition coefficient (Wildman–Crippen LogP) is 4.00. The van der Waals surface area contributed by atoms with Crippen LogP contribution in [0.5, 0.6) is 0 Å². The molecule has 1 aromatic heterocycles. The first-order chi connectivity index (χ1) is 10.6. The fourth-order valence-electron chi connectivity index (χ4n) is 3.36. The lowest BCUT2D eigenvalue weighted by Crippen LogP contribution is -2.38. The van der Waals surface area contributed by atoms with Crippen LogP contribution in [-0.2, 0) is 0 Å². The Labute approximate surface area is 131 Å². The van der Waals surface area contributed by atoms with Crippen LogP contribution in [0.4, 0.5) is 5.88 Å². The standard InChI is InChI=1S/C18H21N3O/c1-12-8-13(2)11-21(10-12)18-16(9-19)20-17(22-18)15-7-5-4-6-14(15)3/h4-7,12-13H,8,10-11H2,1-3H3/t12-,13+. The number of nitriles is 1. The van der Waals surface area contributed by atoms with Crippen molar-refractivity contribution in [3.05, 3.63) is 35.5 Å². The zero-order valence-corrected chi connectivity index (χ0v) is 13.3. The number of rotatable bonds is 2. The molecule has 3 rings (SSSR count). The third-order valence-electron chi connectivity index (χ3n) is 4.25. The maximum atomic E-state index is 9.41. The zero-order chi connectivity index (χ0) is 15.7. The Morgan fingerprint density at radius 2 is 1.91 bits per heavy atom. The van der Waals surface area contributed by atoms with Gasteiger partial charge in [-0.05, 0) is 36.8 Å². The quantitative estimate of drug-likeness (QED) is 0.840. The molecule has 1 saturated heterocycles. The molecule has 22 heavy (non-hydrogen) atoms. The van der Waals surface area contributed by atoms with E-state index in [0.717, 1.165) is 24.2 Å². The molecule has 114 valence electrons. The number of aromatic nitrogens is 1. The van der Waals surface area contributed by atoms with Gasteiger partial charge in [-0.2, -0.15) is 10.2 Å². The molecule has 1 aromatic carbocycles. The van der Waals surface area contributed by atoms with Crippen molar-refractivity contribution in [3.8, 4) is 17.5 Å². The highest BCUT2D eigenvalue weighted by Crippen LogP contribution is 2.33. The summed E-state index contributed by atoms with van der Waals surface area (Å²) in [7, 11) is 0. The van der Waals surface area contributed by atoms with Gasteiger partial charge in [0.25, 0.3) is 0 Å². The van der Waals surface area contributed by atoms with Crippen LogP contribution in [0.25, 0.3) is 11.5 Å². The summed E-state index contributed by atoms with van der Waals surface area (Å²) >= 11 is 0. The zero-order valence-electron chi connectivity index (χ0n) is 13.3. The van der Waals surface area contributed by atoms with Crippen LogP contribution < -0.4 is 4.90 Å². The first kappa shape index (κ1) is 14.6. The van der Waals surface area contributed by atoms with E-state index in [0.29, 0.717) is 29.3 Å². The molecule has 1 aliphatic heterocycles. The van der Waals surface area contributed by atoms with Crippen LogP contribution in [0.1, 0.15) is 31.5 Å². The molecular formula is C18H21N3O. The second-order valence-electron chi connectivity index (χ2n) is 6.45. The monoisotopic (exact) mass is 295 g/mol. The smallest absolute Gasteiger partial charge is 0.235 e. The van der Waals surface area contributed by atoms with Crippen LogP contribution in [0.15, 0.2) is 28.7 Å². The Morgan fingerprint density at radius 1 is 1.23 bits per heavy atom. The lowest BCUT2D eigenvalue weighted by molar-refractivity contribution is 0.344. The first-order valence-electron chi connectivity index (χ1n) is 7.80. The molecule has 1 aliphatic rings.